The van der Waals surface area contributed by atoms with E-state index in [4.69, 9.17) is 11.6 Å². The Morgan fingerprint density at radius 1 is 1.29 bits per heavy atom. The van der Waals surface area contributed by atoms with E-state index in [2.05, 4.69) is 9.69 Å². The molecule has 0 bridgehead atoms. The van der Waals surface area contributed by atoms with Crippen molar-refractivity contribution in [2.24, 2.45) is 0 Å². The Kier molecular flexibility index (Phi) is 4.99. The van der Waals surface area contributed by atoms with E-state index in [9.17, 15) is 14.3 Å². The number of phenols is 1. The summed E-state index contributed by atoms with van der Waals surface area (Å²) in [6.45, 7) is 5.33. The Morgan fingerprint density at radius 2 is 2.00 bits per heavy atom. The molecule has 2 heterocycles. The summed E-state index contributed by atoms with van der Waals surface area (Å²) in [4.78, 5) is 15.2. The number of nitrogens with zero attached hydrogens (tertiary/aromatic N) is 2. The van der Waals surface area contributed by atoms with Gasteiger partial charge in [0.05, 0.1) is 15.3 Å². The van der Waals surface area contributed by atoms with Crippen LogP contribution in [-0.4, -0.2) is 45.5 Å². The third-order valence-corrected chi connectivity index (χ3v) is 6.04. The first-order valence-electron chi connectivity index (χ1n) is 8.95. The molecule has 4 rings (SSSR count). The molecule has 0 aliphatic carbocycles. The highest BCUT2D eigenvalue weighted by Crippen LogP contribution is 2.36. The van der Waals surface area contributed by atoms with Crippen molar-refractivity contribution in [3.05, 3.63) is 46.9 Å². The van der Waals surface area contributed by atoms with E-state index in [1.54, 1.807) is 12.3 Å². The standard InChI is InChI=1S/C20H19ClFN3O2S/c1-10-8-25(9-11(2)24-10)20(27)15-4-12(3-13-7-23-28-19(13)15)14-5-17(22)18(26)6-16(14)21/h3-7,10-11,24,26H,8-9H2,1-2H3/t10-,11+. The van der Waals surface area contributed by atoms with Gasteiger partial charge in [0.15, 0.2) is 11.6 Å². The van der Waals surface area contributed by atoms with Gasteiger partial charge in [-0.25, -0.2) is 4.39 Å². The number of nitrogens with one attached hydrogen (secondary N) is 1. The number of halogens is 2. The van der Waals surface area contributed by atoms with Gasteiger partial charge in [0.2, 0.25) is 0 Å². The van der Waals surface area contributed by atoms with Crippen LogP contribution in [-0.2, 0) is 0 Å². The molecule has 5 nitrogen and oxygen atoms in total. The van der Waals surface area contributed by atoms with Crippen LogP contribution in [0.4, 0.5) is 4.39 Å². The number of hydrogen-bond acceptors (Lipinski definition) is 5. The number of aromatic hydroxyl groups is 1. The Balaban J connectivity index is 1.82. The average Bonchev–Trinajstić information content (AvgIpc) is 3.11. The maximum Gasteiger partial charge on any atom is 0.255 e. The SMILES string of the molecule is C[C@@H]1CN(C(=O)c2cc(-c3cc(F)c(O)cc3Cl)cc3cnsc23)C[C@H](C)N1. The fourth-order valence-corrected chi connectivity index (χ4v) is 4.72. The summed E-state index contributed by atoms with van der Waals surface area (Å²) in [5, 5.41) is 14.0. The molecule has 1 aliphatic heterocycles. The van der Waals surface area contributed by atoms with Gasteiger partial charge in [-0.3, -0.25) is 4.79 Å². The number of fused-ring (bicyclic) bond motifs is 1. The van der Waals surface area contributed by atoms with E-state index in [0.29, 0.717) is 29.8 Å². The van der Waals surface area contributed by atoms with Gasteiger partial charge in [0.25, 0.3) is 5.91 Å². The number of phenolic OH excluding ortho intramolecular Hbond substituents is 1. The molecule has 28 heavy (non-hydrogen) atoms. The Hall–Kier alpha value is -2.22. The number of rotatable bonds is 2. The lowest BCUT2D eigenvalue weighted by atomic mass is 9.99. The van der Waals surface area contributed by atoms with Gasteiger partial charge in [-0.05, 0) is 49.1 Å². The maximum atomic E-state index is 13.9. The van der Waals surface area contributed by atoms with Gasteiger partial charge < -0.3 is 15.3 Å². The van der Waals surface area contributed by atoms with Gasteiger partial charge in [0, 0.05) is 48.4 Å². The molecule has 1 aromatic heterocycles. The topological polar surface area (TPSA) is 65.5 Å². The molecule has 1 fully saturated rings. The van der Waals surface area contributed by atoms with Crippen LogP contribution in [0.1, 0.15) is 24.2 Å². The lowest BCUT2D eigenvalue weighted by Crippen LogP contribution is -2.55. The summed E-state index contributed by atoms with van der Waals surface area (Å²) in [7, 11) is 0. The molecule has 2 aromatic carbocycles. The van der Waals surface area contributed by atoms with Gasteiger partial charge in [-0.15, -0.1) is 0 Å². The largest absolute Gasteiger partial charge is 0.505 e. The highest BCUT2D eigenvalue weighted by molar-refractivity contribution is 7.13. The van der Waals surface area contributed by atoms with Gasteiger partial charge >= 0.3 is 0 Å². The predicted octanol–water partition coefficient (Wildman–Crippen LogP) is 4.28. The molecule has 0 saturated carbocycles. The zero-order valence-electron chi connectivity index (χ0n) is 15.4. The highest BCUT2D eigenvalue weighted by atomic mass is 35.5. The van der Waals surface area contributed by atoms with Crippen molar-refractivity contribution in [1.29, 1.82) is 0 Å². The summed E-state index contributed by atoms with van der Waals surface area (Å²) < 4.78 is 18.9. The van der Waals surface area contributed by atoms with E-state index in [-0.39, 0.29) is 23.0 Å². The van der Waals surface area contributed by atoms with Crippen molar-refractivity contribution in [3.8, 4) is 16.9 Å². The van der Waals surface area contributed by atoms with E-state index in [0.717, 1.165) is 10.1 Å². The third-order valence-electron chi connectivity index (χ3n) is 4.88. The first-order chi connectivity index (χ1) is 13.3. The van der Waals surface area contributed by atoms with E-state index < -0.39 is 11.6 Å². The van der Waals surface area contributed by atoms with Crippen LogP contribution in [0.25, 0.3) is 21.2 Å². The second-order valence-corrected chi connectivity index (χ2v) is 8.44. The molecule has 1 aliphatic rings. The first-order valence-corrected chi connectivity index (χ1v) is 10.1. The fourth-order valence-electron chi connectivity index (χ4n) is 3.72. The molecule has 0 radical (unpaired) electrons. The fraction of sp³-hybridized carbons (Fsp3) is 0.300. The predicted molar refractivity (Wildman–Crippen MR) is 110 cm³/mol. The molecule has 0 unspecified atom stereocenters. The van der Waals surface area contributed by atoms with Crippen molar-refractivity contribution in [2.75, 3.05) is 13.1 Å². The first kappa shape index (κ1) is 19.1. The lowest BCUT2D eigenvalue weighted by Gasteiger charge is -2.36. The summed E-state index contributed by atoms with van der Waals surface area (Å²) in [6, 6.07) is 6.32. The molecule has 1 amide bonds. The van der Waals surface area contributed by atoms with Crippen molar-refractivity contribution in [2.45, 2.75) is 25.9 Å². The quantitative estimate of drug-likeness (QED) is 0.650. The van der Waals surface area contributed by atoms with E-state index >= 15 is 0 Å². The average molecular weight is 420 g/mol. The molecule has 1 saturated heterocycles. The minimum absolute atomic E-state index is 0.0772. The molecule has 2 atom stereocenters. The number of carbonyl (C=O) groups is 1. The number of aromatic nitrogens is 1. The summed E-state index contributed by atoms with van der Waals surface area (Å²) in [5.41, 5.74) is 1.55. The Labute approximate surface area is 170 Å². The van der Waals surface area contributed by atoms with Crippen LogP contribution in [0.3, 0.4) is 0 Å². The lowest BCUT2D eigenvalue weighted by molar-refractivity contribution is 0.0676. The number of hydrogen-bond donors (Lipinski definition) is 2. The van der Waals surface area contributed by atoms with Crippen LogP contribution < -0.4 is 5.32 Å². The van der Waals surface area contributed by atoms with E-state index in [1.165, 1.54) is 23.7 Å². The number of benzene rings is 2. The number of amides is 1. The summed E-state index contributed by atoms with van der Waals surface area (Å²) in [5.74, 6) is -1.35. The summed E-state index contributed by atoms with van der Waals surface area (Å²) in [6.07, 6.45) is 1.69. The van der Waals surface area contributed by atoms with Crippen molar-refractivity contribution in [3.63, 3.8) is 0 Å². The van der Waals surface area contributed by atoms with Crippen LogP contribution >= 0.6 is 23.1 Å². The molecule has 3 aromatic rings. The van der Waals surface area contributed by atoms with Gasteiger partial charge in [-0.1, -0.05) is 11.6 Å². The minimum atomic E-state index is -0.763. The van der Waals surface area contributed by atoms with Crippen molar-refractivity contribution in [1.82, 2.24) is 14.6 Å². The summed E-state index contributed by atoms with van der Waals surface area (Å²) >= 11 is 7.50. The van der Waals surface area contributed by atoms with Crippen LogP contribution in [0.15, 0.2) is 30.5 Å². The van der Waals surface area contributed by atoms with E-state index in [1.807, 2.05) is 24.8 Å². The minimum Gasteiger partial charge on any atom is -0.505 e. The number of piperazine rings is 1. The normalized spacial score (nSPS) is 19.9. The van der Waals surface area contributed by atoms with Crippen molar-refractivity contribution >= 4 is 39.1 Å². The second-order valence-electron chi connectivity index (χ2n) is 7.23. The molecule has 8 heteroatoms. The monoisotopic (exact) mass is 419 g/mol. The van der Waals surface area contributed by atoms with Crippen molar-refractivity contribution < 1.29 is 14.3 Å². The third kappa shape index (κ3) is 3.45. The highest BCUT2D eigenvalue weighted by Gasteiger charge is 2.27. The maximum absolute atomic E-state index is 13.9. The Bertz CT molecular complexity index is 1060. The van der Waals surface area contributed by atoms with Gasteiger partial charge in [-0.2, -0.15) is 4.37 Å². The van der Waals surface area contributed by atoms with Crippen LogP contribution in [0.5, 0.6) is 5.75 Å². The number of carbonyl (C=O) groups excluding carboxylic acids is 1. The molecular formula is C20H19ClFN3O2S. The molecule has 146 valence electrons. The van der Waals surface area contributed by atoms with Gasteiger partial charge in [0.1, 0.15) is 0 Å². The van der Waals surface area contributed by atoms with Crippen LogP contribution in [0.2, 0.25) is 5.02 Å². The molecule has 0 spiro atoms. The Morgan fingerprint density at radius 3 is 2.71 bits per heavy atom. The smallest absolute Gasteiger partial charge is 0.255 e. The zero-order chi connectivity index (χ0) is 20.0. The molecule has 2 N–H and O–H groups in total. The zero-order valence-corrected chi connectivity index (χ0v) is 16.9. The molecular weight excluding hydrogens is 401 g/mol. The van der Waals surface area contributed by atoms with Crippen LogP contribution in [0, 0.1) is 5.82 Å². The second kappa shape index (κ2) is 7.31.